The molecule has 20 heavy (non-hydrogen) atoms. The lowest BCUT2D eigenvalue weighted by molar-refractivity contribution is 0.00115. The number of amides is 1. The van der Waals surface area contributed by atoms with E-state index in [0.717, 1.165) is 25.5 Å². The molecule has 1 fully saturated rings. The normalized spacial score (nSPS) is 19.1. The maximum absolute atomic E-state index is 12.2. The van der Waals surface area contributed by atoms with Crippen LogP contribution in [-0.4, -0.2) is 47.7 Å². The summed E-state index contributed by atoms with van der Waals surface area (Å²) in [5.74, 6) is -1.31. The van der Waals surface area contributed by atoms with Crippen LogP contribution in [-0.2, 0) is 4.74 Å². The highest BCUT2D eigenvalue weighted by molar-refractivity contribution is 5.95. The zero-order chi connectivity index (χ0) is 14.5. The fraction of sp³-hybridized carbons (Fsp3) is 0.571. The number of likely N-dealkylation sites (tertiary alicyclic amines) is 1. The van der Waals surface area contributed by atoms with E-state index in [2.05, 4.69) is 0 Å². The highest BCUT2D eigenvalue weighted by Crippen LogP contribution is 2.17. The van der Waals surface area contributed by atoms with Crippen molar-refractivity contribution in [2.75, 3.05) is 19.7 Å². The van der Waals surface area contributed by atoms with Crippen LogP contribution in [0.15, 0.2) is 16.7 Å². The molecule has 6 heteroatoms. The van der Waals surface area contributed by atoms with Crippen molar-refractivity contribution in [1.29, 1.82) is 0 Å². The number of piperidine rings is 1. The van der Waals surface area contributed by atoms with Crippen molar-refractivity contribution in [2.24, 2.45) is 0 Å². The molecule has 1 aliphatic rings. The zero-order valence-electron chi connectivity index (χ0n) is 11.5. The standard InChI is InChI=1S/C14H19NO5/c1-2-6-19-11-4-3-5-15(8-11)13(16)12-7-10(9-20-12)14(17)18/h7,9,11H,2-6,8H2,1H3,(H,17,18). The van der Waals surface area contributed by atoms with E-state index in [4.69, 9.17) is 14.3 Å². The monoisotopic (exact) mass is 281 g/mol. The molecule has 1 saturated heterocycles. The summed E-state index contributed by atoms with van der Waals surface area (Å²) in [6, 6.07) is 1.27. The molecule has 1 N–H and O–H groups in total. The second-order valence-electron chi connectivity index (χ2n) is 4.89. The second-order valence-corrected chi connectivity index (χ2v) is 4.89. The maximum Gasteiger partial charge on any atom is 0.338 e. The van der Waals surface area contributed by atoms with Crippen LogP contribution in [0.2, 0.25) is 0 Å². The van der Waals surface area contributed by atoms with Gasteiger partial charge >= 0.3 is 5.97 Å². The van der Waals surface area contributed by atoms with Gasteiger partial charge in [-0.2, -0.15) is 0 Å². The Hall–Kier alpha value is -1.82. The van der Waals surface area contributed by atoms with Gasteiger partial charge < -0.3 is 19.2 Å². The number of ether oxygens (including phenoxy) is 1. The van der Waals surface area contributed by atoms with Gasteiger partial charge in [-0.15, -0.1) is 0 Å². The molecule has 1 amide bonds. The van der Waals surface area contributed by atoms with E-state index in [1.54, 1.807) is 4.90 Å². The van der Waals surface area contributed by atoms with Crippen LogP contribution in [0, 0.1) is 0 Å². The molecule has 1 atom stereocenters. The quantitative estimate of drug-likeness (QED) is 0.893. The number of carboxylic acids is 1. The summed E-state index contributed by atoms with van der Waals surface area (Å²) in [5, 5.41) is 8.82. The molecule has 0 spiro atoms. The molecule has 1 unspecified atom stereocenters. The lowest BCUT2D eigenvalue weighted by Gasteiger charge is -2.32. The van der Waals surface area contributed by atoms with Crippen LogP contribution in [0.1, 0.15) is 47.1 Å². The summed E-state index contributed by atoms with van der Waals surface area (Å²) < 4.78 is 10.7. The molecule has 1 aliphatic heterocycles. The predicted octanol–water partition coefficient (Wildman–Crippen LogP) is 2.01. The molecule has 0 radical (unpaired) electrons. The van der Waals surface area contributed by atoms with E-state index in [0.29, 0.717) is 19.7 Å². The van der Waals surface area contributed by atoms with Gasteiger partial charge in [0, 0.05) is 25.8 Å². The summed E-state index contributed by atoms with van der Waals surface area (Å²) in [5.41, 5.74) is -0.0101. The molecule has 0 aliphatic carbocycles. The third-order valence-corrected chi connectivity index (χ3v) is 3.28. The Bertz CT molecular complexity index is 482. The fourth-order valence-electron chi connectivity index (χ4n) is 2.26. The number of carboxylic acid groups (broad SMARTS) is 1. The Labute approximate surface area is 117 Å². The van der Waals surface area contributed by atoms with Crippen LogP contribution in [0.3, 0.4) is 0 Å². The van der Waals surface area contributed by atoms with Gasteiger partial charge in [-0.05, 0) is 19.3 Å². The fourth-order valence-corrected chi connectivity index (χ4v) is 2.26. The highest BCUT2D eigenvalue weighted by atomic mass is 16.5. The Morgan fingerprint density at radius 2 is 2.35 bits per heavy atom. The first-order chi connectivity index (χ1) is 9.61. The van der Waals surface area contributed by atoms with Crippen LogP contribution in [0.4, 0.5) is 0 Å². The van der Waals surface area contributed by atoms with Gasteiger partial charge in [0.1, 0.15) is 6.26 Å². The number of aromatic carboxylic acids is 1. The molecule has 6 nitrogen and oxygen atoms in total. The van der Waals surface area contributed by atoms with Gasteiger partial charge in [0.15, 0.2) is 5.76 Å². The van der Waals surface area contributed by atoms with E-state index < -0.39 is 5.97 Å². The van der Waals surface area contributed by atoms with Crippen molar-refractivity contribution in [3.8, 4) is 0 Å². The van der Waals surface area contributed by atoms with Crippen LogP contribution < -0.4 is 0 Å². The average molecular weight is 281 g/mol. The summed E-state index contributed by atoms with van der Waals surface area (Å²) >= 11 is 0. The van der Waals surface area contributed by atoms with Gasteiger partial charge in [0.2, 0.25) is 0 Å². The van der Waals surface area contributed by atoms with Crippen molar-refractivity contribution in [2.45, 2.75) is 32.3 Å². The molecule has 0 saturated carbocycles. The van der Waals surface area contributed by atoms with Gasteiger partial charge in [0.05, 0.1) is 11.7 Å². The predicted molar refractivity (Wildman–Crippen MR) is 70.8 cm³/mol. The number of carbonyl (C=O) groups excluding carboxylic acids is 1. The van der Waals surface area contributed by atoms with E-state index in [9.17, 15) is 9.59 Å². The minimum Gasteiger partial charge on any atom is -0.478 e. The summed E-state index contributed by atoms with van der Waals surface area (Å²) in [7, 11) is 0. The largest absolute Gasteiger partial charge is 0.478 e. The van der Waals surface area contributed by atoms with Crippen LogP contribution >= 0.6 is 0 Å². The Kier molecular flexibility index (Phi) is 4.79. The first-order valence-electron chi connectivity index (χ1n) is 6.84. The third-order valence-electron chi connectivity index (χ3n) is 3.28. The molecule has 0 aromatic carbocycles. The molecular formula is C14H19NO5. The molecular weight excluding hydrogens is 262 g/mol. The molecule has 0 bridgehead atoms. The van der Waals surface area contributed by atoms with Crippen molar-refractivity contribution in [3.63, 3.8) is 0 Å². The molecule has 2 heterocycles. The van der Waals surface area contributed by atoms with Gasteiger partial charge in [-0.3, -0.25) is 4.79 Å². The number of nitrogens with zero attached hydrogens (tertiary/aromatic N) is 1. The molecule has 110 valence electrons. The van der Waals surface area contributed by atoms with E-state index in [1.807, 2.05) is 6.92 Å². The maximum atomic E-state index is 12.2. The summed E-state index contributed by atoms with van der Waals surface area (Å²) in [4.78, 5) is 24.7. The van der Waals surface area contributed by atoms with E-state index in [-0.39, 0.29) is 23.3 Å². The summed E-state index contributed by atoms with van der Waals surface area (Å²) in [6.45, 7) is 3.91. The Morgan fingerprint density at radius 3 is 3.00 bits per heavy atom. The van der Waals surface area contributed by atoms with Gasteiger partial charge in [-0.25, -0.2) is 4.79 Å². The van der Waals surface area contributed by atoms with Crippen molar-refractivity contribution >= 4 is 11.9 Å². The average Bonchev–Trinajstić information content (AvgIpc) is 2.94. The lowest BCUT2D eigenvalue weighted by Crippen LogP contribution is -2.43. The van der Waals surface area contributed by atoms with Crippen LogP contribution in [0.25, 0.3) is 0 Å². The minimum atomic E-state index is -1.10. The number of carbonyl (C=O) groups is 2. The van der Waals surface area contributed by atoms with Crippen molar-refractivity contribution in [1.82, 2.24) is 4.90 Å². The highest BCUT2D eigenvalue weighted by Gasteiger charge is 2.27. The smallest absolute Gasteiger partial charge is 0.338 e. The third kappa shape index (κ3) is 3.39. The second kappa shape index (κ2) is 6.56. The molecule has 2 rings (SSSR count). The first kappa shape index (κ1) is 14.6. The molecule has 1 aromatic heterocycles. The zero-order valence-corrected chi connectivity index (χ0v) is 11.5. The van der Waals surface area contributed by atoms with Crippen molar-refractivity contribution in [3.05, 3.63) is 23.7 Å². The number of furan rings is 1. The Balaban J connectivity index is 1.98. The minimum absolute atomic E-state index is 0.0101. The number of hydrogen-bond acceptors (Lipinski definition) is 4. The molecule has 1 aromatic rings. The van der Waals surface area contributed by atoms with Crippen LogP contribution in [0.5, 0.6) is 0 Å². The topological polar surface area (TPSA) is 80.0 Å². The van der Waals surface area contributed by atoms with Gasteiger partial charge in [-0.1, -0.05) is 6.92 Å². The van der Waals surface area contributed by atoms with Gasteiger partial charge in [0.25, 0.3) is 5.91 Å². The SMILES string of the molecule is CCCOC1CCCN(C(=O)c2cc(C(=O)O)co2)C1. The van der Waals surface area contributed by atoms with E-state index in [1.165, 1.54) is 6.07 Å². The first-order valence-corrected chi connectivity index (χ1v) is 6.84. The number of hydrogen-bond donors (Lipinski definition) is 1. The number of rotatable bonds is 5. The van der Waals surface area contributed by atoms with E-state index >= 15 is 0 Å². The Morgan fingerprint density at radius 1 is 1.55 bits per heavy atom. The summed E-state index contributed by atoms with van der Waals surface area (Å²) in [6.07, 6.45) is 3.92. The lowest BCUT2D eigenvalue weighted by atomic mass is 10.1. The van der Waals surface area contributed by atoms with Crippen molar-refractivity contribution < 1.29 is 23.8 Å².